The van der Waals surface area contributed by atoms with Gasteiger partial charge in [-0.15, -0.1) is 0 Å². The third-order valence-corrected chi connectivity index (χ3v) is 4.31. The average molecular weight is 316 g/mol. The van der Waals surface area contributed by atoms with E-state index in [1.165, 1.54) is 12.1 Å². The zero-order chi connectivity index (χ0) is 15.6. The Morgan fingerprint density at radius 2 is 1.81 bits per heavy atom. The number of unbranched alkanes of at least 4 members (excludes halogenated alkanes) is 2. The summed E-state index contributed by atoms with van der Waals surface area (Å²) in [6.07, 6.45) is 2.66. The van der Waals surface area contributed by atoms with E-state index in [0.717, 1.165) is 19.3 Å². The standard InChI is InChI=1S/C14H24N2O4S/c1-19-11-4-2-3-10-16-21(17,18)14-7-5-13(6-8-14)20-12-9-15/h5-8,16H,2-4,9-12,15H2,1H3. The highest BCUT2D eigenvalue weighted by atomic mass is 32.2. The molecule has 1 aromatic rings. The molecule has 0 spiro atoms. The Bertz CT molecular complexity index is 488. The van der Waals surface area contributed by atoms with Gasteiger partial charge in [0, 0.05) is 26.8 Å². The highest BCUT2D eigenvalue weighted by Gasteiger charge is 2.12. The van der Waals surface area contributed by atoms with E-state index in [0.29, 0.717) is 32.1 Å². The molecule has 0 radical (unpaired) electrons. The summed E-state index contributed by atoms with van der Waals surface area (Å²) in [6, 6.07) is 6.31. The molecule has 0 atom stereocenters. The van der Waals surface area contributed by atoms with Crippen molar-refractivity contribution in [2.45, 2.75) is 24.2 Å². The first-order chi connectivity index (χ1) is 10.1. The van der Waals surface area contributed by atoms with E-state index in [-0.39, 0.29) is 4.90 Å². The lowest BCUT2D eigenvalue weighted by Crippen LogP contribution is -2.24. The first-order valence-corrected chi connectivity index (χ1v) is 8.50. The molecule has 0 heterocycles. The Morgan fingerprint density at radius 1 is 1.10 bits per heavy atom. The van der Waals surface area contributed by atoms with Gasteiger partial charge in [0.15, 0.2) is 0 Å². The van der Waals surface area contributed by atoms with Gasteiger partial charge in [0.1, 0.15) is 12.4 Å². The number of ether oxygens (including phenoxy) is 2. The second-order valence-corrected chi connectivity index (χ2v) is 6.33. The van der Waals surface area contributed by atoms with Gasteiger partial charge in [-0.3, -0.25) is 0 Å². The lowest BCUT2D eigenvalue weighted by atomic mass is 10.2. The molecule has 0 aromatic heterocycles. The second-order valence-electron chi connectivity index (χ2n) is 4.56. The van der Waals surface area contributed by atoms with E-state index in [9.17, 15) is 8.42 Å². The van der Waals surface area contributed by atoms with Gasteiger partial charge >= 0.3 is 0 Å². The minimum absolute atomic E-state index is 0.236. The Balaban J connectivity index is 2.42. The number of nitrogens with two attached hydrogens (primary N) is 1. The molecule has 0 aliphatic carbocycles. The smallest absolute Gasteiger partial charge is 0.240 e. The third kappa shape index (κ3) is 6.90. The number of benzene rings is 1. The number of methoxy groups -OCH3 is 1. The zero-order valence-electron chi connectivity index (χ0n) is 12.4. The van der Waals surface area contributed by atoms with Crippen molar-refractivity contribution >= 4 is 10.0 Å². The predicted octanol–water partition coefficient (Wildman–Crippen LogP) is 1.12. The predicted molar refractivity (Wildman–Crippen MR) is 81.9 cm³/mol. The second kappa shape index (κ2) is 9.73. The van der Waals surface area contributed by atoms with E-state index in [4.69, 9.17) is 15.2 Å². The van der Waals surface area contributed by atoms with Crippen LogP contribution in [0.2, 0.25) is 0 Å². The highest BCUT2D eigenvalue weighted by Crippen LogP contribution is 2.15. The van der Waals surface area contributed by atoms with Gasteiger partial charge in [0.05, 0.1) is 4.90 Å². The van der Waals surface area contributed by atoms with E-state index < -0.39 is 10.0 Å². The molecule has 120 valence electrons. The fourth-order valence-electron chi connectivity index (χ4n) is 1.73. The summed E-state index contributed by atoms with van der Waals surface area (Å²) in [5.74, 6) is 0.610. The largest absolute Gasteiger partial charge is 0.492 e. The number of nitrogens with one attached hydrogen (secondary N) is 1. The molecular weight excluding hydrogens is 292 g/mol. The molecule has 0 saturated heterocycles. The zero-order valence-corrected chi connectivity index (χ0v) is 13.2. The van der Waals surface area contributed by atoms with Crippen molar-refractivity contribution in [2.24, 2.45) is 5.73 Å². The molecule has 0 amide bonds. The van der Waals surface area contributed by atoms with Crippen LogP contribution in [-0.4, -0.2) is 41.8 Å². The Kier molecular flexibility index (Phi) is 8.29. The number of sulfonamides is 1. The molecule has 0 bridgehead atoms. The van der Waals surface area contributed by atoms with Crippen LogP contribution in [0, 0.1) is 0 Å². The molecule has 0 aliphatic rings. The Hall–Kier alpha value is -1.15. The van der Waals surface area contributed by atoms with Crippen molar-refractivity contribution in [3.8, 4) is 5.75 Å². The molecule has 1 rings (SSSR count). The van der Waals surface area contributed by atoms with Gasteiger partial charge in [0.25, 0.3) is 0 Å². The minimum Gasteiger partial charge on any atom is -0.492 e. The molecule has 7 heteroatoms. The molecule has 0 saturated carbocycles. The molecular formula is C14H24N2O4S. The summed E-state index contributed by atoms with van der Waals surface area (Å²) < 4.78 is 36.9. The molecule has 21 heavy (non-hydrogen) atoms. The number of hydrogen-bond donors (Lipinski definition) is 2. The number of hydrogen-bond acceptors (Lipinski definition) is 5. The lowest BCUT2D eigenvalue weighted by molar-refractivity contribution is 0.192. The SMILES string of the molecule is COCCCCCNS(=O)(=O)c1ccc(OCCN)cc1. The maximum Gasteiger partial charge on any atom is 0.240 e. The van der Waals surface area contributed by atoms with Crippen LogP contribution in [0.4, 0.5) is 0 Å². The van der Waals surface area contributed by atoms with E-state index in [2.05, 4.69) is 4.72 Å². The first-order valence-electron chi connectivity index (χ1n) is 7.01. The topological polar surface area (TPSA) is 90.6 Å². The summed E-state index contributed by atoms with van der Waals surface area (Å²) in [6.45, 7) is 1.96. The highest BCUT2D eigenvalue weighted by molar-refractivity contribution is 7.89. The van der Waals surface area contributed by atoms with Crippen molar-refractivity contribution in [2.75, 3.05) is 33.4 Å². The summed E-state index contributed by atoms with van der Waals surface area (Å²) in [5, 5.41) is 0. The van der Waals surface area contributed by atoms with Crippen LogP contribution in [0.5, 0.6) is 5.75 Å². The maximum absolute atomic E-state index is 12.0. The van der Waals surface area contributed by atoms with E-state index >= 15 is 0 Å². The van der Waals surface area contributed by atoms with Crippen LogP contribution >= 0.6 is 0 Å². The third-order valence-electron chi connectivity index (χ3n) is 2.84. The first kappa shape index (κ1) is 17.9. The van der Waals surface area contributed by atoms with Crippen LogP contribution in [-0.2, 0) is 14.8 Å². The average Bonchev–Trinajstić information content (AvgIpc) is 2.49. The van der Waals surface area contributed by atoms with Gasteiger partial charge < -0.3 is 15.2 Å². The quantitative estimate of drug-likeness (QED) is 0.597. The van der Waals surface area contributed by atoms with Crippen LogP contribution in [0.15, 0.2) is 29.2 Å². The van der Waals surface area contributed by atoms with E-state index in [1.807, 2.05) is 0 Å². The van der Waals surface area contributed by atoms with Crippen LogP contribution in [0.1, 0.15) is 19.3 Å². The van der Waals surface area contributed by atoms with Gasteiger partial charge in [0.2, 0.25) is 10.0 Å². The van der Waals surface area contributed by atoms with Crippen LogP contribution in [0.25, 0.3) is 0 Å². The molecule has 3 N–H and O–H groups in total. The van der Waals surface area contributed by atoms with Crippen molar-refractivity contribution < 1.29 is 17.9 Å². The van der Waals surface area contributed by atoms with Gasteiger partial charge in [-0.05, 0) is 43.5 Å². The van der Waals surface area contributed by atoms with E-state index in [1.54, 1.807) is 19.2 Å². The van der Waals surface area contributed by atoms with Crippen molar-refractivity contribution in [1.82, 2.24) is 4.72 Å². The molecule has 1 aromatic carbocycles. The maximum atomic E-state index is 12.0. The van der Waals surface area contributed by atoms with Gasteiger partial charge in [-0.25, -0.2) is 13.1 Å². The fourth-order valence-corrected chi connectivity index (χ4v) is 2.80. The minimum atomic E-state index is -3.45. The molecule has 0 unspecified atom stereocenters. The van der Waals surface area contributed by atoms with Gasteiger partial charge in [-0.1, -0.05) is 0 Å². The Labute approximate surface area is 126 Å². The summed E-state index contributed by atoms with van der Waals surface area (Å²) in [7, 11) is -1.80. The van der Waals surface area contributed by atoms with Crippen molar-refractivity contribution in [3.63, 3.8) is 0 Å². The number of rotatable bonds is 11. The summed E-state index contributed by atoms with van der Waals surface area (Å²) in [4.78, 5) is 0.236. The monoisotopic (exact) mass is 316 g/mol. The van der Waals surface area contributed by atoms with Crippen molar-refractivity contribution in [3.05, 3.63) is 24.3 Å². The van der Waals surface area contributed by atoms with Crippen LogP contribution < -0.4 is 15.2 Å². The van der Waals surface area contributed by atoms with Crippen LogP contribution in [0.3, 0.4) is 0 Å². The fraction of sp³-hybridized carbons (Fsp3) is 0.571. The van der Waals surface area contributed by atoms with Gasteiger partial charge in [-0.2, -0.15) is 0 Å². The summed E-state index contributed by atoms with van der Waals surface area (Å²) >= 11 is 0. The summed E-state index contributed by atoms with van der Waals surface area (Å²) in [5.41, 5.74) is 5.34. The molecule has 0 aliphatic heterocycles. The Morgan fingerprint density at radius 3 is 2.43 bits per heavy atom. The lowest BCUT2D eigenvalue weighted by Gasteiger charge is -2.08. The normalized spacial score (nSPS) is 11.5. The van der Waals surface area contributed by atoms with Crippen molar-refractivity contribution in [1.29, 1.82) is 0 Å². The molecule has 6 nitrogen and oxygen atoms in total. The molecule has 0 fully saturated rings.